The van der Waals surface area contributed by atoms with Crippen LogP contribution >= 0.6 is 0 Å². The quantitative estimate of drug-likeness (QED) is 0.653. The van der Waals surface area contributed by atoms with Gasteiger partial charge in [0.05, 0.1) is 12.2 Å². The molecule has 0 spiro atoms. The Hall–Kier alpha value is -1.10. The molecule has 72 valence electrons. The van der Waals surface area contributed by atoms with Crippen LogP contribution in [0.25, 0.3) is 0 Å². The van der Waals surface area contributed by atoms with Crippen molar-refractivity contribution in [2.45, 2.75) is 37.8 Å². The summed E-state index contributed by atoms with van der Waals surface area (Å²) >= 11 is 0. The highest BCUT2D eigenvalue weighted by Crippen LogP contribution is 2.26. The minimum absolute atomic E-state index is 0.372. The molecule has 4 N–H and O–H groups in total. The normalized spacial score (nSPS) is 29.0. The molecule has 0 unspecified atom stereocenters. The number of anilines is 1. The highest BCUT2D eigenvalue weighted by Gasteiger charge is 2.20. The Balaban J connectivity index is 2.02. The van der Waals surface area contributed by atoms with Crippen LogP contribution in [0.4, 0.5) is 5.82 Å². The van der Waals surface area contributed by atoms with Crippen molar-refractivity contribution < 1.29 is 0 Å². The summed E-state index contributed by atoms with van der Waals surface area (Å²) in [4.78, 5) is 0. The molecule has 5 heteroatoms. The molecule has 5 nitrogen and oxygen atoms in total. The van der Waals surface area contributed by atoms with Gasteiger partial charge >= 0.3 is 0 Å². The van der Waals surface area contributed by atoms with E-state index in [2.05, 4.69) is 10.3 Å². The lowest BCUT2D eigenvalue weighted by Gasteiger charge is -2.25. The minimum atomic E-state index is 0.372. The second kappa shape index (κ2) is 3.33. The zero-order chi connectivity index (χ0) is 9.26. The first-order chi connectivity index (χ1) is 6.25. The molecular formula is C8H15N5. The van der Waals surface area contributed by atoms with Gasteiger partial charge in [0, 0.05) is 6.04 Å². The smallest absolute Gasteiger partial charge is 0.165 e. The summed E-state index contributed by atoms with van der Waals surface area (Å²) in [5, 5.41) is 7.74. The molecule has 1 aliphatic rings. The second-order valence-corrected chi connectivity index (χ2v) is 3.69. The molecule has 0 radical (unpaired) electrons. The Labute approximate surface area is 77.1 Å². The maximum Gasteiger partial charge on any atom is 0.165 e. The van der Waals surface area contributed by atoms with Crippen LogP contribution in [0.2, 0.25) is 0 Å². The first-order valence-electron chi connectivity index (χ1n) is 4.68. The van der Waals surface area contributed by atoms with Gasteiger partial charge in [0.25, 0.3) is 0 Å². The van der Waals surface area contributed by atoms with E-state index in [1.54, 1.807) is 6.20 Å². The van der Waals surface area contributed by atoms with Gasteiger partial charge in [-0.3, -0.25) is 0 Å². The Kier molecular flexibility index (Phi) is 2.18. The van der Waals surface area contributed by atoms with Crippen LogP contribution in [-0.2, 0) is 0 Å². The number of nitrogen functional groups attached to an aromatic ring is 1. The minimum Gasteiger partial charge on any atom is -0.381 e. The lowest BCUT2D eigenvalue weighted by Crippen LogP contribution is -2.28. The van der Waals surface area contributed by atoms with Gasteiger partial charge < -0.3 is 11.5 Å². The molecule has 1 aromatic heterocycles. The lowest BCUT2D eigenvalue weighted by atomic mass is 9.92. The average Bonchev–Trinajstić information content (AvgIpc) is 2.53. The molecule has 1 aliphatic carbocycles. The van der Waals surface area contributed by atoms with E-state index in [-0.39, 0.29) is 0 Å². The molecular weight excluding hydrogens is 166 g/mol. The van der Waals surface area contributed by atoms with Gasteiger partial charge in [0.15, 0.2) is 5.82 Å². The summed E-state index contributed by atoms with van der Waals surface area (Å²) in [6, 6.07) is 0.821. The van der Waals surface area contributed by atoms with Crippen LogP contribution in [0.15, 0.2) is 6.20 Å². The summed E-state index contributed by atoms with van der Waals surface area (Å²) < 4.78 is 1.86. The van der Waals surface area contributed by atoms with E-state index in [0.717, 1.165) is 25.7 Å². The van der Waals surface area contributed by atoms with Gasteiger partial charge in [0.2, 0.25) is 0 Å². The fourth-order valence-corrected chi connectivity index (χ4v) is 1.84. The molecule has 13 heavy (non-hydrogen) atoms. The van der Waals surface area contributed by atoms with Crippen molar-refractivity contribution in [3.63, 3.8) is 0 Å². The fourth-order valence-electron chi connectivity index (χ4n) is 1.84. The summed E-state index contributed by atoms with van der Waals surface area (Å²) in [6.07, 6.45) is 6.12. The predicted molar refractivity (Wildman–Crippen MR) is 49.9 cm³/mol. The maximum atomic E-state index is 5.81. The van der Waals surface area contributed by atoms with Gasteiger partial charge in [-0.2, -0.15) is 0 Å². The van der Waals surface area contributed by atoms with Crippen molar-refractivity contribution in [1.29, 1.82) is 0 Å². The topological polar surface area (TPSA) is 82.8 Å². The van der Waals surface area contributed by atoms with E-state index in [1.165, 1.54) is 0 Å². The van der Waals surface area contributed by atoms with E-state index in [9.17, 15) is 0 Å². The van der Waals surface area contributed by atoms with Crippen LogP contribution in [0.1, 0.15) is 31.7 Å². The molecule has 0 amide bonds. The molecule has 1 heterocycles. The summed E-state index contributed by atoms with van der Waals surface area (Å²) in [5.74, 6) is 0.495. The van der Waals surface area contributed by atoms with Gasteiger partial charge in [-0.05, 0) is 25.7 Å². The highest BCUT2D eigenvalue weighted by molar-refractivity contribution is 5.20. The molecule has 1 fully saturated rings. The number of rotatable bonds is 1. The SMILES string of the molecule is Nc1cn(C2CCC(N)CC2)nn1. The number of hydrogen-bond acceptors (Lipinski definition) is 4. The molecule has 0 aromatic carbocycles. The van der Waals surface area contributed by atoms with Crippen LogP contribution in [0.3, 0.4) is 0 Å². The summed E-state index contributed by atoms with van der Waals surface area (Å²) in [5.41, 5.74) is 11.3. The number of nitrogens with zero attached hydrogens (tertiary/aromatic N) is 3. The molecule has 2 rings (SSSR count). The standard InChI is InChI=1S/C8H15N5/c9-6-1-3-7(4-2-6)13-5-8(10)11-12-13/h5-7H,1-4,9-10H2. The molecule has 0 aliphatic heterocycles. The Morgan fingerprint density at radius 3 is 2.54 bits per heavy atom. The molecule has 1 aromatic rings. The predicted octanol–water partition coefficient (Wildman–Crippen LogP) is 0.303. The third kappa shape index (κ3) is 1.80. The van der Waals surface area contributed by atoms with E-state index in [0.29, 0.717) is 17.9 Å². The summed E-state index contributed by atoms with van der Waals surface area (Å²) in [7, 11) is 0. The Morgan fingerprint density at radius 2 is 2.00 bits per heavy atom. The van der Waals surface area contributed by atoms with Crippen molar-refractivity contribution in [2.75, 3.05) is 5.73 Å². The number of hydrogen-bond donors (Lipinski definition) is 2. The Morgan fingerprint density at radius 1 is 1.31 bits per heavy atom. The second-order valence-electron chi connectivity index (χ2n) is 3.69. The molecule has 0 atom stereocenters. The van der Waals surface area contributed by atoms with Crippen molar-refractivity contribution in [2.24, 2.45) is 5.73 Å². The number of aromatic nitrogens is 3. The van der Waals surface area contributed by atoms with Crippen LogP contribution in [0, 0.1) is 0 Å². The van der Waals surface area contributed by atoms with Crippen molar-refractivity contribution in [3.8, 4) is 0 Å². The van der Waals surface area contributed by atoms with Gasteiger partial charge in [-0.15, -0.1) is 5.10 Å². The van der Waals surface area contributed by atoms with Crippen molar-refractivity contribution in [1.82, 2.24) is 15.0 Å². The van der Waals surface area contributed by atoms with Crippen molar-refractivity contribution >= 4 is 5.82 Å². The first-order valence-corrected chi connectivity index (χ1v) is 4.68. The van der Waals surface area contributed by atoms with E-state index in [1.807, 2.05) is 4.68 Å². The average molecular weight is 181 g/mol. The first kappa shape index (κ1) is 8.50. The van der Waals surface area contributed by atoms with E-state index < -0.39 is 0 Å². The molecule has 0 saturated heterocycles. The van der Waals surface area contributed by atoms with Gasteiger partial charge in [0.1, 0.15) is 0 Å². The third-order valence-electron chi connectivity index (χ3n) is 2.64. The Bertz CT molecular complexity index is 274. The zero-order valence-electron chi connectivity index (χ0n) is 7.56. The summed E-state index contributed by atoms with van der Waals surface area (Å²) in [6.45, 7) is 0. The zero-order valence-corrected chi connectivity index (χ0v) is 7.56. The van der Waals surface area contributed by atoms with Crippen LogP contribution < -0.4 is 11.5 Å². The third-order valence-corrected chi connectivity index (χ3v) is 2.64. The number of nitrogens with two attached hydrogens (primary N) is 2. The fraction of sp³-hybridized carbons (Fsp3) is 0.750. The molecule has 1 saturated carbocycles. The lowest BCUT2D eigenvalue weighted by molar-refractivity contribution is 0.300. The van der Waals surface area contributed by atoms with Crippen LogP contribution in [-0.4, -0.2) is 21.0 Å². The maximum absolute atomic E-state index is 5.81. The van der Waals surface area contributed by atoms with Crippen molar-refractivity contribution in [3.05, 3.63) is 6.20 Å². The van der Waals surface area contributed by atoms with Gasteiger partial charge in [-0.1, -0.05) is 5.21 Å². The monoisotopic (exact) mass is 181 g/mol. The molecule has 0 bridgehead atoms. The van der Waals surface area contributed by atoms with E-state index in [4.69, 9.17) is 11.5 Å². The van der Waals surface area contributed by atoms with Gasteiger partial charge in [-0.25, -0.2) is 4.68 Å². The highest BCUT2D eigenvalue weighted by atomic mass is 15.4. The van der Waals surface area contributed by atoms with Crippen LogP contribution in [0.5, 0.6) is 0 Å². The van der Waals surface area contributed by atoms with E-state index >= 15 is 0 Å². The largest absolute Gasteiger partial charge is 0.381 e.